The lowest BCUT2D eigenvalue weighted by Crippen LogP contribution is -2.60. The fourth-order valence-electron chi connectivity index (χ4n) is 2.54. The largest absolute Gasteiger partial charge is 0.335 e. The third-order valence-electron chi connectivity index (χ3n) is 3.25. The molecule has 17 heavy (non-hydrogen) atoms. The molecule has 7 heteroatoms. The second kappa shape index (κ2) is 4.55. The van der Waals surface area contributed by atoms with Gasteiger partial charge in [0.15, 0.2) is 9.84 Å². The standard InChI is InChI=1S/C10H19N3O3S/c1-12(2)5-10(14)13-4-3-11-8-6-17(15,16)7-9(8)13/h8-9,11H,3-7H2,1-2H3/t8-,9+/m0/s1. The maximum atomic E-state index is 12.0. The lowest BCUT2D eigenvalue weighted by atomic mass is 10.1. The number of likely N-dealkylation sites (N-methyl/N-ethyl adjacent to an activating group) is 1. The highest BCUT2D eigenvalue weighted by Gasteiger charge is 2.44. The number of carbonyl (C=O) groups excluding carboxylic acids is 1. The molecule has 0 aliphatic carbocycles. The van der Waals surface area contributed by atoms with Gasteiger partial charge in [-0.3, -0.25) is 4.79 Å². The number of rotatable bonds is 2. The normalized spacial score (nSPS) is 31.6. The highest BCUT2D eigenvalue weighted by atomic mass is 32.2. The maximum absolute atomic E-state index is 12.0. The Bertz CT molecular complexity index is 407. The van der Waals surface area contributed by atoms with Crippen LogP contribution in [-0.4, -0.2) is 81.4 Å². The van der Waals surface area contributed by atoms with Crippen LogP contribution in [-0.2, 0) is 14.6 Å². The van der Waals surface area contributed by atoms with E-state index in [-0.39, 0.29) is 29.5 Å². The fourth-order valence-corrected chi connectivity index (χ4v) is 4.49. The number of fused-ring (bicyclic) bond motifs is 1. The van der Waals surface area contributed by atoms with E-state index in [1.54, 1.807) is 4.90 Å². The number of piperazine rings is 1. The van der Waals surface area contributed by atoms with Crippen LogP contribution in [0.1, 0.15) is 0 Å². The highest BCUT2D eigenvalue weighted by molar-refractivity contribution is 7.91. The molecule has 0 spiro atoms. The van der Waals surface area contributed by atoms with Gasteiger partial charge in [-0.05, 0) is 14.1 Å². The Kier molecular flexibility index (Phi) is 3.42. The number of amides is 1. The molecule has 0 aromatic heterocycles. The van der Waals surface area contributed by atoms with E-state index in [4.69, 9.17) is 0 Å². The van der Waals surface area contributed by atoms with E-state index in [9.17, 15) is 13.2 Å². The zero-order valence-electron chi connectivity index (χ0n) is 10.2. The summed E-state index contributed by atoms with van der Waals surface area (Å²) in [6.07, 6.45) is 0. The number of sulfone groups is 1. The van der Waals surface area contributed by atoms with Crippen molar-refractivity contribution >= 4 is 15.7 Å². The molecule has 2 aliphatic heterocycles. The van der Waals surface area contributed by atoms with E-state index in [0.717, 1.165) is 0 Å². The van der Waals surface area contributed by atoms with Gasteiger partial charge in [-0.25, -0.2) is 8.42 Å². The van der Waals surface area contributed by atoms with Crippen molar-refractivity contribution in [2.75, 3.05) is 45.2 Å². The van der Waals surface area contributed by atoms with Crippen LogP contribution in [0.3, 0.4) is 0 Å². The second-order valence-corrected chi connectivity index (χ2v) is 7.18. The van der Waals surface area contributed by atoms with Gasteiger partial charge in [0, 0.05) is 19.1 Å². The molecule has 98 valence electrons. The van der Waals surface area contributed by atoms with E-state index in [1.807, 2.05) is 19.0 Å². The number of carbonyl (C=O) groups is 1. The average Bonchev–Trinajstić information content (AvgIpc) is 2.49. The van der Waals surface area contributed by atoms with Crippen LogP contribution in [0.2, 0.25) is 0 Å². The first-order valence-corrected chi connectivity index (χ1v) is 7.59. The van der Waals surface area contributed by atoms with E-state index in [1.165, 1.54) is 0 Å². The number of hydrogen-bond acceptors (Lipinski definition) is 5. The topological polar surface area (TPSA) is 69.7 Å². The second-order valence-electron chi connectivity index (χ2n) is 5.03. The molecular formula is C10H19N3O3S. The minimum Gasteiger partial charge on any atom is -0.335 e. The molecule has 0 bridgehead atoms. The first-order chi connectivity index (χ1) is 7.89. The van der Waals surface area contributed by atoms with Crippen LogP contribution in [0.25, 0.3) is 0 Å². The van der Waals surface area contributed by atoms with Gasteiger partial charge in [-0.1, -0.05) is 0 Å². The molecule has 0 aromatic rings. The molecule has 2 rings (SSSR count). The summed E-state index contributed by atoms with van der Waals surface area (Å²) >= 11 is 0. The van der Waals surface area contributed by atoms with E-state index in [0.29, 0.717) is 19.6 Å². The van der Waals surface area contributed by atoms with Gasteiger partial charge < -0.3 is 15.1 Å². The van der Waals surface area contributed by atoms with Crippen LogP contribution < -0.4 is 5.32 Å². The summed E-state index contributed by atoms with van der Waals surface area (Å²) in [6.45, 7) is 1.61. The van der Waals surface area contributed by atoms with Crippen LogP contribution in [0.4, 0.5) is 0 Å². The number of nitrogens with one attached hydrogen (secondary N) is 1. The molecule has 2 saturated heterocycles. The summed E-state index contributed by atoms with van der Waals surface area (Å²) in [6, 6.07) is -0.263. The van der Waals surface area contributed by atoms with Crippen molar-refractivity contribution in [2.45, 2.75) is 12.1 Å². The Morgan fingerprint density at radius 2 is 2.12 bits per heavy atom. The predicted octanol–water partition coefficient (Wildman–Crippen LogP) is -1.85. The van der Waals surface area contributed by atoms with E-state index >= 15 is 0 Å². The monoisotopic (exact) mass is 261 g/mol. The molecule has 6 nitrogen and oxygen atoms in total. The zero-order valence-corrected chi connectivity index (χ0v) is 11.0. The van der Waals surface area contributed by atoms with Crippen molar-refractivity contribution in [1.29, 1.82) is 0 Å². The van der Waals surface area contributed by atoms with Crippen molar-refractivity contribution in [2.24, 2.45) is 0 Å². The van der Waals surface area contributed by atoms with E-state index in [2.05, 4.69) is 5.32 Å². The van der Waals surface area contributed by atoms with Crippen molar-refractivity contribution in [3.05, 3.63) is 0 Å². The van der Waals surface area contributed by atoms with Gasteiger partial charge in [-0.15, -0.1) is 0 Å². The van der Waals surface area contributed by atoms with Crippen molar-refractivity contribution in [3.8, 4) is 0 Å². The van der Waals surface area contributed by atoms with Crippen molar-refractivity contribution in [3.63, 3.8) is 0 Å². The Balaban J connectivity index is 2.10. The van der Waals surface area contributed by atoms with Gasteiger partial charge in [0.05, 0.1) is 24.1 Å². The highest BCUT2D eigenvalue weighted by Crippen LogP contribution is 2.21. The molecule has 2 atom stereocenters. The molecule has 0 saturated carbocycles. The van der Waals surface area contributed by atoms with Crippen LogP contribution >= 0.6 is 0 Å². The third-order valence-corrected chi connectivity index (χ3v) is 4.97. The quantitative estimate of drug-likeness (QED) is 0.632. The summed E-state index contributed by atoms with van der Waals surface area (Å²) in [5.41, 5.74) is 0. The fraction of sp³-hybridized carbons (Fsp3) is 0.900. The van der Waals surface area contributed by atoms with E-state index < -0.39 is 9.84 Å². The van der Waals surface area contributed by atoms with Gasteiger partial charge in [0.2, 0.25) is 5.91 Å². The van der Waals surface area contributed by atoms with Gasteiger partial charge in [-0.2, -0.15) is 0 Å². The summed E-state index contributed by atoms with van der Waals surface area (Å²) in [5.74, 6) is 0.274. The smallest absolute Gasteiger partial charge is 0.237 e. The lowest BCUT2D eigenvalue weighted by Gasteiger charge is -2.37. The van der Waals surface area contributed by atoms with Gasteiger partial charge >= 0.3 is 0 Å². The Morgan fingerprint density at radius 1 is 1.41 bits per heavy atom. The molecule has 1 amide bonds. The zero-order chi connectivity index (χ0) is 12.6. The predicted molar refractivity (Wildman–Crippen MR) is 64.5 cm³/mol. The third kappa shape index (κ3) is 2.78. The minimum absolute atomic E-state index is 0.0172. The van der Waals surface area contributed by atoms with Gasteiger partial charge in [0.1, 0.15) is 0 Å². The first-order valence-electron chi connectivity index (χ1n) is 5.77. The Hall–Kier alpha value is -0.660. The number of nitrogens with zero attached hydrogens (tertiary/aromatic N) is 2. The van der Waals surface area contributed by atoms with Crippen molar-refractivity contribution < 1.29 is 13.2 Å². The summed E-state index contributed by atoms with van der Waals surface area (Å²) < 4.78 is 23.2. The SMILES string of the molecule is CN(C)CC(=O)N1CCN[C@H]2CS(=O)(=O)C[C@H]21. The van der Waals surface area contributed by atoms with Crippen LogP contribution in [0, 0.1) is 0 Å². The minimum atomic E-state index is -2.99. The summed E-state index contributed by atoms with van der Waals surface area (Å²) in [4.78, 5) is 15.6. The molecule has 2 aliphatic rings. The number of hydrogen-bond donors (Lipinski definition) is 1. The molecule has 2 heterocycles. The molecule has 1 N–H and O–H groups in total. The van der Waals surface area contributed by atoms with Crippen LogP contribution in [0.15, 0.2) is 0 Å². The van der Waals surface area contributed by atoms with Crippen LogP contribution in [0.5, 0.6) is 0 Å². The molecular weight excluding hydrogens is 242 g/mol. The van der Waals surface area contributed by atoms with Crippen molar-refractivity contribution in [1.82, 2.24) is 15.1 Å². The first kappa shape index (κ1) is 12.8. The molecule has 0 aromatic carbocycles. The molecule has 2 fully saturated rings. The summed E-state index contributed by atoms with van der Waals surface area (Å²) in [7, 11) is 0.679. The van der Waals surface area contributed by atoms with Gasteiger partial charge in [0.25, 0.3) is 0 Å². The molecule has 0 unspecified atom stereocenters. The lowest BCUT2D eigenvalue weighted by molar-refractivity contribution is -0.135. The molecule has 0 radical (unpaired) electrons. The summed E-state index contributed by atoms with van der Waals surface area (Å²) in [5, 5.41) is 3.19. The Labute approximate surface area is 102 Å². The average molecular weight is 261 g/mol. The maximum Gasteiger partial charge on any atom is 0.237 e. The Morgan fingerprint density at radius 3 is 2.76 bits per heavy atom.